The first kappa shape index (κ1) is 14.5. The molecule has 5 heteroatoms. The molecule has 0 fully saturated rings. The molecule has 0 spiro atoms. The Morgan fingerprint density at radius 2 is 2.05 bits per heavy atom. The van der Waals surface area contributed by atoms with E-state index in [0.29, 0.717) is 27.0 Å². The molecule has 0 bridgehead atoms. The maximum absolute atomic E-state index is 13.0. The van der Waals surface area contributed by atoms with Crippen molar-refractivity contribution in [3.05, 3.63) is 57.8 Å². The van der Waals surface area contributed by atoms with Gasteiger partial charge in [0, 0.05) is 22.1 Å². The molecule has 3 nitrogen and oxygen atoms in total. The monoisotopic (exact) mass is 337 g/mol. The quantitative estimate of drug-likeness (QED) is 0.685. The molecule has 0 amide bonds. The first-order valence-corrected chi connectivity index (χ1v) is 6.71. The van der Waals surface area contributed by atoms with Gasteiger partial charge in [-0.15, -0.1) is 0 Å². The molecule has 0 saturated carbocycles. The maximum Gasteiger partial charge on any atom is 0.169 e. The topological polar surface area (TPSA) is 52.3 Å². The number of methoxy groups -OCH3 is 1. The SMILES string of the molecule is COc1ccc(N)c(C(=O)Cc2ccc(F)cc2Br)c1. The summed E-state index contributed by atoms with van der Waals surface area (Å²) >= 11 is 3.25. The first-order chi connectivity index (χ1) is 9.51. The zero-order valence-corrected chi connectivity index (χ0v) is 12.4. The summed E-state index contributed by atoms with van der Waals surface area (Å²) in [5, 5.41) is 0. The van der Waals surface area contributed by atoms with E-state index in [4.69, 9.17) is 10.5 Å². The summed E-state index contributed by atoms with van der Waals surface area (Å²) in [7, 11) is 1.52. The smallest absolute Gasteiger partial charge is 0.169 e. The summed E-state index contributed by atoms with van der Waals surface area (Å²) in [5.74, 6) is 0.0726. The van der Waals surface area contributed by atoms with Crippen LogP contribution in [0.4, 0.5) is 10.1 Å². The highest BCUT2D eigenvalue weighted by atomic mass is 79.9. The fourth-order valence-electron chi connectivity index (χ4n) is 1.84. The van der Waals surface area contributed by atoms with Crippen LogP contribution in [0, 0.1) is 5.82 Å². The molecule has 0 aromatic heterocycles. The molecule has 2 rings (SSSR count). The molecule has 2 aromatic rings. The van der Waals surface area contributed by atoms with E-state index in [2.05, 4.69) is 15.9 Å². The highest BCUT2D eigenvalue weighted by Gasteiger charge is 2.13. The molecule has 0 saturated heterocycles. The average Bonchev–Trinajstić information content (AvgIpc) is 2.42. The number of hydrogen-bond acceptors (Lipinski definition) is 3. The Morgan fingerprint density at radius 1 is 1.30 bits per heavy atom. The number of nitrogens with two attached hydrogens (primary N) is 1. The van der Waals surface area contributed by atoms with Gasteiger partial charge in [-0.25, -0.2) is 4.39 Å². The summed E-state index contributed by atoms with van der Waals surface area (Å²) < 4.78 is 18.7. The molecule has 0 atom stereocenters. The van der Waals surface area contributed by atoms with Gasteiger partial charge in [-0.1, -0.05) is 22.0 Å². The summed E-state index contributed by atoms with van der Waals surface area (Å²) in [4.78, 5) is 12.3. The van der Waals surface area contributed by atoms with Crippen molar-refractivity contribution in [2.45, 2.75) is 6.42 Å². The van der Waals surface area contributed by atoms with Gasteiger partial charge in [-0.2, -0.15) is 0 Å². The van der Waals surface area contributed by atoms with Crippen LogP contribution in [0.25, 0.3) is 0 Å². The van der Waals surface area contributed by atoms with Crippen LogP contribution in [-0.2, 0) is 6.42 Å². The van der Waals surface area contributed by atoms with Gasteiger partial charge < -0.3 is 10.5 Å². The standard InChI is InChI=1S/C15H13BrFNO2/c1-20-11-4-5-14(18)12(8-11)15(19)6-9-2-3-10(17)7-13(9)16/h2-5,7-8H,6,18H2,1H3. The fraction of sp³-hybridized carbons (Fsp3) is 0.133. The molecule has 2 aromatic carbocycles. The second-order valence-corrected chi connectivity index (χ2v) is 5.14. The number of nitrogen functional groups attached to an aromatic ring is 1. The van der Waals surface area contributed by atoms with Gasteiger partial charge in [0.15, 0.2) is 5.78 Å². The van der Waals surface area contributed by atoms with Crippen molar-refractivity contribution in [2.24, 2.45) is 0 Å². The number of Topliss-reactive ketones (excluding diaryl/α,β-unsaturated/α-hetero) is 1. The van der Waals surface area contributed by atoms with Crippen molar-refractivity contribution in [2.75, 3.05) is 12.8 Å². The normalized spacial score (nSPS) is 10.3. The predicted molar refractivity (Wildman–Crippen MR) is 79.5 cm³/mol. The number of anilines is 1. The Morgan fingerprint density at radius 3 is 2.70 bits per heavy atom. The molecule has 0 aliphatic rings. The number of hydrogen-bond donors (Lipinski definition) is 1. The van der Waals surface area contributed by atoms with Gasteiger partial charge in [-0.3, -0.25) is 4.79 Å². The summed E-state index contributed by atoms with van der Waals surface area (Å²) in [6.45, 7) is 0. The fourth-order valence-corrected chi connectivity index (χ4v) is 2.33. The molecule has 0 radical (unpaired) electrons. The molecule has 0 heterocycles. The van der Waals surface area contributed by atoms with Crippen LogP contribution in [0.1, 0.15) is 15.9 Å². The lowest BCUT2D eigenvalue weighted by molar-refractivity contribution is 0.0993. The van der Waals surface area contributed by atoms with Gasteiger partial charge >= 0.3 is 0 Å². The minimum absolute atomic E-state index is 0.137. The lowest BCUT2D eigenvalue weighted by atomic mass is 10.0. The number of ketones is 1. The summed E-state index contributed by atoms with van der Waals surface area (Å²) in [5.41, 5.74) is 7.32. The summed E-state index contributed by atoms with van der Waals surface area (Å²) in [6.07, 6.45) is 0.137. The van der Waals surface area contributed by atoms with Crippen molar-refractivity contribution in [3.8, 4) is 5.75 Å². The van der Waals surface area contributed by atoms with Crippen molar-refractivity contribution in [1.82, 2.24) is 0 Å². The van der Waals surface area contributed by atoms with Crippen LogP contribution in [0.3, 0.4) is 0 Å². The second-order valence-electron chi connectivity index (χ2n) is 4.29. The summed E-state index contributed by atoms with van der Waals surface area (Å²) in [6, 6.07) is 9.16. The van der Waals surface area contributed by atoms with Crippen LogP contribution in [0.2, 0.25) is 0 Å². The number of carbonyl (C=O) groups is 1. The third kappa shape index (κ3) is 3.17. The molecular weight excluding hydrogens is 325 g/mol. The number of benzene rings is 2. The van der Waals surface area contributed by atoms with Crippen molar-refractivity contribution < 1.29 is 13.9 Å². The van der Waals surface area contributed by atoms with E-state index >= 15 is 0 Å². The van der Waals surface area contributed by atoms with Crippen molar-refractivity contribution in [1.29, 1.82) is 0 Å². The Bertz CT molecular complexity index is 658. The zero-order valence-electron chi connectivity index (χ0n) is 10.8. The Balaban J connectivity index is 2.28. The van der Waals surface area contributed by atoms with Crippen LogP contribution in [-0.4, -0.2) is 12.9 Å². The highest BCUT2D eigenvalue weighted by Crippen LogP contribution is 2.24. The van der Waals surface area contributed by atoms with Gasteiger partial charge in [0.05, 0.1) is 7.11 Å². The number of rotatable bonds is 4. The Kier molecular flexibility index (Phi) is 4.39. The lowest BCUT2D eigenvalue weighted by Crippen LogP contribution is -2.08. The van der Waals surface area contributed by atoms with E-state index in [1.54, 1.807) is 24.3 Å². The van der Waals surface area contributed by atoms with Crippen LogP contribution < -0.4 is 10.5 Å². The van der Waals surface area contributed by atoms with Gasteiger partial charge in [0.2, 0.25) is 0 Å². The third-order valence-corrected chi connectivity index (χ3v) is 3.67. The minimum Gasteiger partial charge on any atom is -0.497 e. The molecule has 2 N–H and O–H groups in total. The van der Waals surface area contributed by atoms with Crippen LogP contribution in [0.5, 0.6) is 5.75 Å². The lowest BCUT2D eigenvalue weighted by Gasteiger charge is -2.08. The third-order valence-electron chi connectivity index (χ3n) is 2.93. The average molecular weight is 338 g/mol. The Labute approximate surface area is 124 Å². The predicted octanol–water partition coefficient (Wildman–Crippen LogP) is 3.60. The first-order valence-electron chi connectivity index (χ1n) is 5.92. The van der Waals surface area contributed by atoms with Crippen molar-refractivity contribution in [3.63, 3.8) is 0 Å². The van der Waals surface area contributed by atoms with Crippen LogP contribution in [0.15, 0.2) is 40.9 Å². The molecule has 0 aliphatic heterocycles. The number of carbonyl (C=O) groups excluding carboxylic acids is 1. The van der Waals surface area contributed by atoms with Gasteiger partial charge in [0.25, 0.3) is 0 Å². The van der Waals surface area contributed by atoms with Crippen LogP contribution >= 0.6 is 15.9 Å². The van der Waals surface area contributed by atoms with E-state index in [9.17, 15) is 9.18 Å². The molecule has 0 aliphatic carbocycles. The number of ether oxygens (including phenoxy) is 1. The largest absolute Gasteiger partial charge is 0.497 e. The second kappa shape index (κ2) is 6.05. The van der Waals surface area contributed by atoms with E-state index in [0.717, 1.165) is 0 Å². The highest BCUT2D eigenvalue weighted by molar-refractivity contribution is 9.10. The molecule has 104 valence electrons. The molecule has 0 unspecified atom stereocenters. The van der Waals surface area contributed by atoms with Crippen molar-refractivity contribution >= 4 is 27.4 Å². The number of halogens is 2. The minimum atomic E-state index is -0.353. The maximum atomic E-state index is 13.0. The van der Waals surface area contributed by atoms with E-state index in [1.165, 1.54) is 19.2 Å². The van der Waals surface area contributed by atoms with E-state index in [1.807, 2.05) is 0 Å². The molecular formula is C15H13BrFNO2. The zero-order chi connectivity index (χ0) is 14.7. The van der Waals surface area contributed by atoms with E-state index in [-0.39, 0.29) is 18.0 Å². The molecule has 20 heavy (non-hydrogen) atoms. The van der Waals surface area contributed by atoms with Gasteiger partial charge in [-0.05, 0) is 35.9 Å². The van der Waals surface area contributed by atoms with Gasteiger partial charge in [0.1, 0.15) is 11.6 Å². The Hall–Kier alpha value is -1.88. The van der Waals surface area contributed by atoms with E-state index < -0.39 is 0 Å².